The summed E-state index contributed by atoms with van der Waals surface area (Å²) in [6.07, 6.45) is 0. The maximum absolute atomic E-state index is 11.1. The van der Waals surface area contributed by atoms with E-state index in [1.54, 1.807) is 0 Å². The van der Waals surface area contributed by atoms with E-state index in [9.17, 15) is 18.0 Å². The highest BCUT2D eigenvalue weighted by atomic mass is 32.2. The second-order valence-corrected chi connectivity index (χ2v) is 5.15. The summed E-state index contributed by atoms with van der Waals surface area (Å²) < 4.78 is 22.0. The molecule has 0 fully saturated rings. The standard InChI is InChI=1S/C4H3N5O4S2/c5-15(12,13)4-8-9-2(11)6-1(10)7-3(9)14-4/h(H2,5,12,13)(H,6,10,11). The van der Waals surface area contributed by atoms with Gasteiger partial charge in [0.25, 0.3) is 10.0 Å². The van der Waals surface area contributed by atoms with Gasteiger partial charge >= 0.3 is 11.4 Å². The summed E-state index contributed by atoms with van der Waals surface area (Å²) in [5.41, 5.74) is -1.74. The Morgan fingerprint density at radius 1 is 1.40 bits per heavy atom. The molecular formula is C4H3N5O4S2. The Labute approximate surface area is 85.3 Å². The molecule has 0 spiro atoms. The molecule has 0 atom stereocenters. The fourth-order valence-corrected chi connectivity index (χ4v) is 2.34. The lowest BCUT2D eigenvalue weighted by Crippen LogP contribution is -2.28. The number of H-pyrrole nitrogens is 1. The Bertz CT molecular complexity index is 736. The number of aromatic amines is 1. The first-order chi connectivity index (χ1) is 6.88. The van der Waals surface area contributed by atoms with Crippen molar-refractivity contribution in [1.29, 1.82) is 0 Å². The fourth-order valence-electron chi connectivity index (χ4n) is 0.843. The van der Waals surface area contributed by atoms with E-state index < -0.39 is 25.7 Å². The molecule has 2 aromatic rings. The van der Waals surface area contributed by atoms with E-state index in [2.05, 4.69) is 10.1 Å². The molecule has 0 unspecified atom stereocenters. The van der Waals surface area contributed by atoms with Gasteiger partial charge < -0.3 is 0 Å². The molecule has 0 aliphatic heterocycles. The van der Waals surface area contributed by atoms with E-state index in [4.69, 9.17) is 5.14 Å². The molecule has 15 heavy (non-hydrogen) atoms. The monoisotopic (exact) mass is 249 g/mol. The van der Waals surface area contributed by atoms with E-state index in [1.165, 1.54) is 0 Å². The maximum atomic E-state index is 11.1. The molecule has 0 bridgehead atoms. The Hall–Kier alpha value is -1.59. The predicted molar refractivity (Wildman–Crippen MR) is 49.1 cm³/mol. The number of nitrogens with one attached hydrogen (secondary N) is 1. The number of rotatable bonds is 1. The molecule has 0 amide bonds. The molecule has 0 aliphatic rings. The Kier molecular flexibility index (Phi) is 1.95. The zero-order chi connectivity index (χ0) is 11.2. The van der Waals surface area contributed by atoms with Crippen molar-refractivity contribution in [1.82, 2.24) is 19.6 Å². The zero-order valence-electron chi connectivity index (χ0n) is 6.87. The molecule has 2 rings (SSSR count). The summed E-state index contributed by atoms with van der Waals surface area (Å²) in [5, 5.41) is 8.20. The number of hydrogen-bond acceptors (Lipinski definition) is 7. The van der Waals surface area contributed by atoms with Crippen LogP contribution in [0, 0.1) is 0 Å². The highest BCUT2D eigenvalue weighted by Gasteiger charge is 2.16. The van der Waals surface area contributed by atoms with Gasteiger partial charge in [-0.3, -0.25) is 4.98 Å². The average molecular weight is 249 g/mol. The topological polar surface area (TPSA) is 140 Å². The van der Waals surface area contributed by atoms with Gasteiger partial charge in [0.05, 0.1) is 0 Å². The van der Waals surface area contributed by atoms with Crippen LogP contribution in [0.2, 0.25) is 0 Å². The highest BCUT2D eigenvalue weighted by molar-refractivity contribution is 7.91. The molecule has 0 aliphatic carbocycles. The predicted octanol–water partition coefficient (Wildman–Crippen LogP) is -2.51. The van der Waals surface area contributed by atoms with Gasteiger partial charge in [0.15, 0.2) is 0 Å². The van der Waals surface area contributed by atoms with E-state index in [-0.39, 0.29) is 4.96 Å². The molecule has 11 heteroatoms. The number of nitrogens with two attached hydrogens (primary N) is 1. The van der Waals surface area contributed by atoms with Gasteiger partial charge in [-0.2, -0.15) is 9.50 Å². The fraction of sp³-hybridized carbons (Fsp3) is 0. The van der Waals surface area contributed by atoms with Gasteiger partial charge in [0.1, 0.15) is 0 Å². The first kappa shape index (κ1) is 9.95. The van der Waals surface area contributed by atoms with Crippen molar-refractivity contribution >= 4 is 26.3 Å². The lowest BCUT2D eigenvalue weighted by molar-refractivity contribution is 0.594. The van der Waals surface area contributed by atoms with Crippen LogP contribution in [0.25, 0.3) is 4.96 Å². The lowest BCUT2D eigenvalue weighted by Gasteiger charge is -1.85. The van der Waals surface area contributed by atoms with E-state index in [0.29, 0.717) is 15.9 Å². The average Bonchev–Trinajstić information content (AvgIpc) is 2.46. The van der Waals surface area contributed by atoms with Gasteiger partial charge in [0, 0.05) is 0 Å². The number of fused-ring (bicyclic) bond motifs is 1. The summed E-state index contributed by atoms with van der Waals surface area (Å²) >= 11 is 0.540. The second kappa shape index (κ2) is 2.95. The molecule has 2 heterocycles. The highest BCUT2D eigenvalue weighted by Crippen LogP contribution is 2.12. The van der Waals surface area contributed by atoms with Crippen LogP contribution in [-0.4, -0.2) is 28.0 Å². The number of aromatic nitrogens is 4. The van der Waals surface area contributed by atoms with E-state index in [1.807, 2.05) is 4.98 Å². The van der Waals surface area contributed by atoms with Crippen molar-refractivity contribution < 1.29 is 8.42 Å². The van der Waals surface area contributed by atoms with Gasteiger partial charge in [-0.15, -0.1) is 5.10 Å². The smallest absolute Gasteiger partial charge is 0.256 e. The van der Waals surface area contributed by atoms with Crippen molar-refractivity contribution in [2.24, 2.45) is 5.14 Å². The molecule has 0 radical (unpaired) electrons. The number of primary sulfonamides is 1. The molecule has 0 aromatic carbocycles. The van der Waals surface area contributed by atoms with Crippen LogP contribution >= 0.6 is 11.3 Å². The first-order valence-corrected chi connectivity index (χ1v) is 5.77. The molecule has 0 saturated carbocycles. The number of nitrogens with zero attached hydrogens (tertiary/aromatic N) is 3. The summed E-state index contributed by atoms with van der Waals surface area (Å²) in [6, 6.07) is 0. The van der Waals surface area contributed by atoms with Crippen molar-refractivity contribution in [2.45, 2.75) is 4.34 Å². The second-order valence-electron chi connectivity index (χ2n) is 2.45. The first-order valence-electron chi connectivity index (χ1n) is 3.41. The quantitative estimate of drug-likeness (QED) is 0.571. The van der Waals surface area contributed by atoms with Crippen molar-refractivity contribution in [2.75, 3.05) is 0 Å². The Morgan fingerprint density at radius 3 is 2.67 bits per heavy atom. The minimum atomic E-state index is -4.00. The van der Waals surface area contributed by atoms with Crippen LogP contribution in [0.3, 0.4) is 0 Å². The van der Waals surface area contributed by atoms with Crippen LogP contribution in [0.15, 0.2) is 13.9 Å². The summed E-state index contributed by atoms with van der Waals surface area (Å²) in [4.78, 5) is 27.0. The molecule has 80 valence electrons. The van der Waals surface area contributed by atoms with E-state index >= 15 is 0 Å². The van der Waals surface area contributed by atoms with Crippen LogP contribution in [0.5, 0.6) is 0 Å². The summed E-state index contributed by atoms with van der Waals surface area (Å²) in [6.45, 7) is 0. The third-order valence-corrected chi connectivity index (χ3v) is 3.61. The van der Waals surface area contributed by atoms with E-state index in [0.717, 1.165) is 0 Å². The number of sulfonamides is 1. The van der Waals surface area contributed by atoms with Crippen molar-refractivity contribution in [3.63, 3.8) is 0 Å². The van der Waals surface area contributed by atoms with Gasteiger partial charge in [-0.05, 0) is 0 Å². The molecular weight excluding hydrogens is 246 g/mol. The Balaban J connectivity index is 2.95. The Morgan fingerprint density at radius 2 is 2.07 bits per heavy atom. The minimum absolute atomic E-state index is 0.132. The van der Waals surface area contributed by atoms with Crippen molar-refractivity contribution in [3.05, 3.63) is 21.0 Å². The minimum Gasteiger partial charge on any atom is -0.256 e. The SMILES string of the molecule is NS(=O)(=O)c1nn2c(=O)[nH]c(=O)nc2s1. The molecule has 0 saturated heterocycles. The molecule has 9 nitrogen and oxygen atoms in total. The molecule has 3 N–H and O–H groups in total. The summed E-state index contributed by atoms with van der Waals surface area (Å²) in [7, 11) is -4.00. The van der Waals surface area contributed by atoms with Crippen LogP contribution in [0.4, 0.5) is 0 Å². The van der Waals surface area contributed by atoms with Crippen LogP contribution in [0.1, 0.15) is 0 Å². The zero-order valence-corrected chi connectivity index (χ0v) is 8.50. The van der Waals surface area contributed by atoms with Gasteiger partial charge in [-0.1, -0.05) is 11.3 Å². The lowest BCUT2D eigenvalue weighted by atomic mass is 11.0. The third-order valence-electron chi connectivity index (χ3n) is 1.39. The van der Waals surface area contributed by atoms with Crippen LogP contribution in [-0.2, 0) is 10.0 Å². The normalized spacial score (nSPS) is 12.1. The van der Waals surface area contributed by atoms with Gasteiger partial charge in [-0.25, -0.2) is 23.1 Å². The van der Waals surface area contributed by atoms with Crippen molar-refractivity contribution in [3.8, 4) is 0 Å². The van der Waals surface area contributed by atoms with Gasteiger partial charge in [0.2, 0.25) is 9.30 Å². The number of hydrogen-bond donors (Lipinski definition) is 2. The largest absolute Gasteiger partial charge is 0.352 e. The third kappa shape index (κ3) is 1.67. The van der Waals surface area contributed by atoms with Crippen LogP contribution < -0.4 is 16.5 Å². The maximum Gasteiger partial charge on any atom is 0.352 e. The summed E-state index contributed by atoms with van der Waals surface area (Å²) in [5.74, 6) is 0. The molecule has 2 aromatic heterocycles.